The first kappa shape index (κ1) is 22.1. The summed E-state index contributed by atoms with van der Waals surface area (Å²) < 4.78 is 11.7. The summed E-state index contributed by atoms with van der Waals surface area (Å²) >= 11 is 0. The number of carbonyl (C=O) groups excluding carboxylic acids is 2. The molecular weight excluding hydrogens is 376 g/mol. The van der Waals surface area contributed by atoms with Gasteiger partial charge in [-0.15, -0.1) is 0 Å². The number of hydrogen-bond acceptors (Lipinski definition) is 4. The fourth-order valence-electron chi connectivity index (χ4n) is 6.55. The number of carbonyl (C=O) groups is 2. The Labute approximate surface area is 182 Å². The van der Waals surface area contributed by atoms with Crippen molar-refractivity contribution in [3.05, 3.63) is 0 Å². The van der Waals surface area contributed by atoms with E-state index in [0.29, 0.717) is 0 Å². The van der Waals surface area contributed by atoms with Crippen molar-refractivity contribution in [2.75, 3.05) is 0 Å². The molecule has 4 nitrogen and oxygen atoms in total. The number of esters is 2. The molecule has 0 amide bonds. The van der Waals surface area contributed by atoms with Gasteiger partial charge in [0, 0.05) is 0 Å². The second-order valence-electron chi connectivity index (χ2n) is 10.6. The molecule has 30 heavy (non-hydrogen) atoms. The molecule has 4 fully saturated rings. The van der Waals surface area contributed by atoms with Gasteiger partial charge in [0.1, 0.15) is 12.2 Å². The largest absolute Gasteiger partial charge is 0.462 e. The molecule has 0 radical (unpaired) electrons. The highest BCUT2D eigenvalue weighted by Crippen LogP contribution is 2.40. The van der Waals surface area contributed by atoms with Gasteiger partial charge in [-0.1, -0.05) is 38.5 Å². The zero-order valence-corrected chi connectivity index (χ0v) is 18.8. The summed E-state index contributed by atoms with van der Waals surface area (Å²) in [6.07, 6.45) is 20.6. The molecule has 0 saturated heterocycles. The lowest BCUT2D eigenvalue weighted by atomic mass is 9.71. The fraction of sp³-hybridized carbons (Fsp3) is 0.923. The van der Waals surface area contributed by atoms with Crippen LogP contribution in [0.4, 0.5) is 0 Å². The molecule has 170 valence electrons. The number of hydrogen-bond donors (Lipinski definition) is 0. The second kappa shape index (κ2) is 11.0. The van der Waals surface area contributed by atoms with Crippen LogP contribution < -0.4 is 0 Å². The first-order valence-corrected chi connectivity index (χ1v) is 13.1. The Morgan fingerprint density at radius 2 is 0.833 bits per heavy atom. The quantitative estimate of drug-likeness (QED) is 0.488. The Kier molecular flexibility index (Phi) is 8.12. The molecule has 4 aliphatic carbocycles. The summed E-state index contributed by atoms with van der Waals surface area (Å²) in [5, 5.41) is 0. The van der Waals surface area contributed by atoms with Crippen LogP contribution in [0.3, 0.4) is 0 Å². The van der Waals surface area contributed by atoms with Crippen LogP contribution in [0.2, 0.25) is 0 Å². The second-order valence-corrected chi connectivity index (χ2v) is 10.6. The van der Waals surface area contributed by atoms with E-state index in [0.717, 1.165) is 63.2 Å². The molecule has 0 aliphatic heterocycles. The SMILES string of the molecule is O=C(OC1CCCCC1)C1CCC(OC(=O)C2CCC(C3CCCCC3)CC2)CC1. The average molecular weight is 419 g/mol. The van der Waals surface area contributed by atoms with Crippen LogP contribution in [0.15, 0.2) is 0 Å². The van der Waals surface area contributed by atoms with E-state index in [1.54, 1.807) is 0 Å². The van der Waals surface area contributed by atoms with Gasteiger partial charge >= 0.3 is 11.9 Å². The van der Waals surface area contributed by atoms with Gasteiger partial charge in [-0.3, -0.25) is 9.59 Å². The van der Waals surface area contributed by atoms with E-state index in [4.69, 9.17) is 9.47 Å². The first-order valence-electron chi connectivity index (χ1n) is 13.1. The fourth-order valence-corrected chi connectivity index (χ4v) is 6.55. The molecule has 0 bridgehead atoms. The molecule has 4 heteroatoms. The molecule has 0 N–H and O–H groups in total. The highest BCUT2D eigenvalue weighted by atomic mass is 16.5. The van der Waals surface area contributed by atoms with Crippen LogP contribution in [0, 0.1) is 23.7 Å². The van der Waals surface area contributed by atoms with Crippen molar-refractivity contribution in [1.82, 2.24) is 0 Å². The average Bonchev–Trinajstić information content (AvgIpc) is 2.81. The molecule has 4 rings (SSSR count). The first-order chi connectivity index (χ1) is 14.7. The van der Waals surface area contributed by atoms with Crippen molar-refractivity contribution < 1.29 is 19.1 Å². The van der Waals surface area contributed by atoms with Crippen LogP contribution in [0.5, 0.6) is 0 Å². The maximum Gasteiger partial charge on any atom is 0.309 e. The van der Waals surface area contributed by atoms with Crippen molar-refractivity contribution in [3.8, 4) is 0 Å². The summed E-state index contributed by atoms with van der Waals surface area (Å²) in [5.41, 5.74) is 0. The minimum Gasteiger partial charge on any atom is -0.462 e. The van der Waals surface area contributed by atoms with Gasteiger partial charge in [-0.25, -0.2) is 0 Å². The topological polar surface area (TPSA) is 52.6 Å². The van der Waals surface area contributed by atoms with Crippen LogP contribution in [-0.4, -0.2) is 24.1 Å². The van der Waals surface area contributed by atoms with E-state index in [-0.39, 0.29) is 36.0 Å². The van der Waals surface area contributed by atoms with Gasteiger partial charge in [-0.05, 0) is 88.9 Å². The van der Waals surface area contributed by atoms with Crippen molar-refractivity contribution in [2.45, 2.75) is 128 Å². The van der Waals surface area contributed by atoms with E-state index in [1.807, 2.05) is 0 Å². The molecule has 4 saturated carbocycles. The van der Waals surface area contributed by atoms with Crippen molar-refractivity contribution in [3.63, 3.8) is 0 Å². The number of rotatable bonds is 5. The molecule has 0 spiro atoms. The lowest BCUT2D eigenvalue weighted by Crippen LogP contribution is -2.34. The van der Waals surface area contributed by atoms with Gasteiger partial charge < -0.3 is 9.47 Å². The van der Waals surface area contributed by atoms with Gasteiger partial charge in [0.15, 0.2) is 0 Å². The maximum absolute atomic E-state index is 12.7. The zero-order valence-electron chi connectivity index (χ0n) is 18.8. The Hall–Kier alpha value is -1.06. The van der Waals surface area contributed by atoms with Crippen LogP contribution in [0.1, 0.15) is 116 Å². The van der Waals surface area contributed by atoms with Gasteiger partial charge in [0.2, 0.25) is 0 Å². The Morgan fingerprint density at radius 1 is 0.433 bits per heavy atom. The minimum atomic E-state index is -0.00675. The highest BCUT2D eigenvalue weighted by Gasteiger charge is 2.35. The third-order valence-electron chi connectivity index (χ3n) is 8.55. The number of ether oxygens (including phenoxy) is 2. The molecule has 0 atom stereocenters. The zero-order chi connectivity index (χ0) is 20.8. The third-order valence-corrected chi connectivity index (χ3v) is 8.55. The molecule has 0 aromatic rings. The van der Waals surface area contributed by atoms with E-state index in [1.165, 1.54) is 64.2 Å². The monoisotopic (exact) mass is 418 g/mol. The van der Waals surface area contributed by atoms with Crippen LogP contribution >= 0.6 is 0 Å². The third kappa shape index (κ3) is 6.01. The summed E-state index contributed by atoms with van der Waals surface area (Å²) in [5.74, 6) is 1.91. The smallest absolute Gasteiger partial charge is 0.309 e. The van der Waals surface area contributed by atoms with Gasteiger partial charge in [0.05, 0.1) is 11.8 Å². The summed E-state index contributed by atoms with van der Waals surface area (Å²) in [7, 11) is 0. The summed E-state index contributed by atoms with van der Waals surface area (Å²) in [4.78, 5) is 25.2. The standard InChI is InChI=1S/C26H42O4/c27-25(21-13-11-20(12-14-21)19-7-3-1-4-8-19)30-24-17-15-22(16-18-24)26(28)29-23-9-5-2-6-10-23/h19-24H,1-18H2. The van der Waals surface area contributed by atoms with Gasteiger partial charge in [-0.2, -0.15) is 0 Å². The van der Waals surface area contributed by atoms with Crippen LogP contribution in [0.25, 0.3) is 0 Å². The molecule has 0 unspecified atom stereocenters. The minimum absolute atomic E-state index is 0.00675. The van der Waals surface area contributed by atoms with E-state index < -0.39 is 0 Å². The molecule has 0 heterocycles. The Morgan fingerprint density at radius 3 is 1.37 bits per heavy atom. The maximum atomic E-state index is 12.7. The molecule has 0 aromatic heterocycles. The molecular formula is C26H42O4. The summed E-state index contributed by atoms with van der Waals surface area (Å²) in [6, 6.07) is 0. The van der Waals surface area contributed by atoms with Gasteiger partial charge in [0.25, 0.3) is 0 Å². The summed E-state index contributed by atoms with van der Waals surface area (Å²) in [6.45, 7) is 0. The Bertz CT molecular complexity index is 545. The van der Waals surface area contributed by atoms with E-state index in [9.17, 15) is 9.59 Å². The van der Waals surface area contributed by atoms with Crippen LogP contribution in [-0.2, 0) is 19.1 Å². The van der Waals surface area contributed by atoms with Crippen molar-refractivity contribution >= 4 is 11.9 Å². The lowest BCUT2D eigenvalue weighted by molar-refractivity contribution is -0.161. The van der Waals surface area contributed by atoms with E-state index in [2.05, 4.69) is 0 Å². The lowest BCUT2D eigenvalue weighted by Gasteiger charge is -2.36. The molecule has 4 aliphatic rings. The highest BCUT2D eigenvalue weighted by molar-refractivity contribution is 5.73. The van der Waals surface area contributed by atoms with Crippen molar-refractivity contribution in [2.24, 2.45) is 23.7 Å². The predicted octanol–water partition coefficient (Wildman–Crippen LogP) is 6.35. The van der Waals surface area contributed by atoms with E-state index >= 15 is 0 Å². The van der Waals surface area contributed by atoms with Crippen molar-refractivity contribution in [1.29, 1.82) is 0 Å². The molecule has 0 aromatic carbocycles. The normalized spacial score (nSPS) is 34.3. The Balaban J connectivity index is 1.13. The predicted molar refractivity (Wildman–Crippen MR) is 117 cm³/mol.